The van der Waals surface area contributed by atoms with Crippen LogP contribution in [0.3, 0.4) is 0 Å². The molecule has 0 unspecified atom stereocenters. The Labute approximate surface area is 110 Å². The van der Waals surface area contributed by atoms with Crippen LogP contribution in [0.1, 0.15) is 34.1 Å². The van der Waals surface area contributed by atoms with Gasteiger partial charge in [-0.25, -0.2) is 0 Å². The fourth-order valence-electron chi connectivity index (χ4n) is 1.30. The summed E-state index contributed by atoms with van der Waals surface area (Å²) in [5.41, 5.74) is 0.883. The molecule has 5 heteroatoms. The first-order chi connectivity index (χ1) is 8.67. The van der Waals surface area contributed by atoms with Gasteiger partial charge in [0.25, 0.3) is 0 Å². The molecule has 0 aromatic heterocycles. The van der Waals surface area contributed by atoms with Crippen LogP contribution < -0.4 is 4.74 Å². The summed E-state index contributed by atoms with van der Waals surface area (Å²) in [6, 6.07) is 4.65. The average Bonchev–Trinajstić information content (AvgIpc) is 2.37. The third-order valence-corrected chi connectivity index (χ3v) is 3.05. The van der Waals surface area contributed by atoms with Gasteiger partial charge in [0.15, 0.2) is 11.4 Å². The van der Waals surface area contributed by atoms with E-state index in [4.69, 9.17) is 4.74 Å². The molecular formula is C13H14O4S. The molecule has 0 amide bonds. The first-order valence-corrected chi connectivity index (χ1v) is 6.46. The molecule has 18 heavy (non-hydrogen) atoms. The van der Waals surface area contributed by atoms with Crippen molar-refractivity contribution >= 4 is 29.4 Å². The van der Waals surface area contributed by atoms with Gasteiger partial charge in [0.05, 0.1) is 12.2 Å². The molecule has 0 N–H and O–H groups in total. The van der Waals surface area contributed by atoms with Crippen molar-refractivity contribution in [3.63, 3.8) is 0 Å². The van der Waals surface area contributed by atoms with Gasteiger partial charge >= 0.3 is 0 Å². The van der Waals surface area contributed by atoms with E-state index in [2.05, 4.69) is 0 Å². The molecule has 0 saturated heterocycles. The van der Waals surface area contributed by atoms with E-state index in [-0.39, 0.29) is 5.12 Å². The topological polar surface area (TPSA) is 60.4 Å². The van der Waals surface area contributed by atoms with Gasteiger partial charge in [-0.3, -0.25) is 14.4 Å². The van der Waals surface area contributed by atoms with E-state index in [1.165, 1.54) is 24.8 Å². The molecule has 0 aliphatic carbocycles. The summed E-state index contributed by atoms with van der Waals surface area (Å²) in [4.78, 5) is 32.1. The van der Waals surface area contributed by atoms with E-state index in [0.29, 0.717) is 48.2 Å². The highest BCUT2D eigenvalue weighted by atomic mass is 32.2. The number of ether oxygens (including phenoxy) is 1. The summed E-state index contributed by atoms with van der Waals surface area (Å²) in [7, 11) is 0. The Morgan fingerprint density at radius 3 is 2.72 bits per heavy atom. The molecule has 0 aliphatic heterocycles. The molecule has 0 fully saturated rings. The van der Waals surface area contributed by atoms with Gasteiger partial charge in [-0.15, -0.1) is 0 Å². The quantitative estimate of drug-likeness (QED) is 0.560. The van der Waals surface area contributed by atoms with E-state index in [0.717, 1.165) is 0 Å². The predicted octanol–water partition coefficient (Wildman–Crippen LogP) is 2.36. The zero-order valence-electron chi connectivity index (χ0n) is 10.0. The zero-order chi connectivity index (χ0) is 13.4. The SMILES string of the molecule is CC(=O)SCCCOc1cc(C=O)ccc1C=O. The number of carbonyl (C=O) groups is 3. The van der Waals surface area contributed by atoms with Crippen LogP contribution in [-0.2, 0) is 4.79 Å². The lowest BCUT2D eigenvalue weighted by Gasteiger charge is -2.08. The van der Waals surface area contributed by atoms with Crippen molar-refractivity contribution in [3.8, 4) is 5.75 Å². The molecule has 1 rings (SSSR count). The van der Waals surface area contributed by atoms with E-state index in [9.17, 15) is 14.4 Å². The van der Waals surface area contributed by atoms with Crippen molar-refractivity contribution in [2.24, 2.45) is 0 Å². The molecule has 0 atom stereocenters. The van der Waals surface area contributed by atoms with Crippen LogP contribution >= 0.6 is 11.8 Å². The number of thioether (sulfide) groups is 1. The van der Waals surface area contributed by atoms with Crippen LogP contribution in [0.15, 0.2) is 18.2 Å². The minimum absolute atomic E-state index is 0.0755. The van der Waals surface area contributed by atoms with Crippen LogP contribution in [0.4, 0.5) is 0 Å². The lowest BCUT2D eigenvalue weighted by Crippen LogP contribution is -2.02. The molecule has 1 aromatic carbocycles. The van der Waals surface area contributed by atoms with Gasteiger partial charge in [0, 0.05) is 18.2 Å². The zero-order valence-corrected chi connectivity index (χ0v) is 10.9. The Morgan fingerprint density at radius 2 is 2.11 bits per heavy atom. The van der Waals surface area contributed by atoms with E-state index in [1.54, 1.807) is 12.1 Å². The molecule has 0 radical (unpaired) electrons. The minimum atomic E-state index is 0.0755. The highest BCUT2D eigenvalue weighted by Gasteiger charge is 2.04. The summed E-state index contributed by atoms with van der Waals surface area (Å²) in [5.74, 6) is 1.08. The molecule has 0 heterocycles. The summed E-state index contributed by atoms with van der Waals surface area (Å²) in [6.45, 7) is 1.92. The van der Waals surface area contributed by atoms with E-state index >= 15 is 0 Å². The van der Waals surface area contributed by atoms with Crippen LogP contribution in [0, 0.1) is 0 Å². The molecule has 0 bridgehead atoms. The lowest BCUT2D eigenvalue weighted by atomic mass is 10.1. The van der Waals surface area contributed by atoms with Crippen LogP contribution in [0.2, 0.25) is 0 Å². The first-order valence-electron chi connectivity index (χ1n) is 5.48. The van der Waals surface area contributed by atoms with Crippen molar-refractivity contribution in [2.75, 3.05) is 12.4 Å². The maximum Gasteiger partial charge on any atom is 0.185 e. The van der Waals surface area contributed by atoms with Crippen LogP contribution in [-0.4, -0.2) is 30.0 Å². The Morgan fingerprint density at radius 1 is 1.33 bits per heavy atom. The molecule has 96 valence electrons. The second-order valence-electron chi connectivity index (χ2n) is 3.58. The molecule has 1 aromatic rings. The second kappa shape index (κ2) is 7.66. The number of carbonyl (C=O) groups excluding carboxylic acids is 3. The van der Waals surface area contributed by atoms with Gasteiger partial charge in [-0.2, -0.15) is 0 Å². The van der Waals surface area contributed by atoms with Gasteiger partial charge in [0.1, 0.15) is 12.0 Å². The summed E-state index contributed by atoms with van der Waals surface area (Å²) in [6.07, 6.45) is 2.09. The van der Waals surface area contributed by atoms with Crippen LogP contribution in [0.5, 0.6) is 5.75 Å². The molecule has 0 saturated carbocycles. The van der Waals surface area contributed by atoms with Gasteiger partial charge in [-0.1, -0.05) is 17.8 Å². The van der Waals surface area contributed by atoms with E-state index < -0.39 is 0 Å². The normalized spacial score (nSPS) is 9.83. The Balaban J connectivity index is 2.52. The lowest BCUT2D eigenvalue weighted by molar-refractivity contribution is -0.109. The first kappa shape index (κ1) is 14.4. The van der Waals surface area contributed by atoms with Crippen LogP contribution in [0.25, 0.3) is 0 Å². The average molecular weight is 266 g/mol. The molecule has 0 aliphatic rings. The Bertz CT molecular complexity index is 443. The number of hydrogen-bond donors (Lipinski definition) is 0. The minimum Gasteiger partial charge on any atom is -0.493 e. The van der Waals surface area contributed by atoms with Crippen molar-refractivity contribution in [1.82, 2.24) is 0 Å². The molecule has 0 spiro atoms. The number of hydrogen-bond acceptors (Lipinski definition) is 5. The van der Waals surface area contributed by atoms with Gasteiger partial charge in [0.2, 0.25) is 0 Å². The summed E-state index contributed by atoms with van der Waals surface area (Å²) < 4.78 is 5.44. The summed E-state index contributed by atoms with van der Waals surface area (Å²) >= 11 is 1.24. The Hall–Kier alpha value is -1.62. The maximum atomic E-state index is 10.8. The van der Waals surface area contributed by atoms with Gasteiger partial charge in [-0.05, 0) is 18.6 Å². The maximum absolute atomic E-state index is 10.8. The number of aldehydes is 2. The summed E-state index contributed by atoms with van der Waals surface area (Å²) in [5, 5.41) is 0.0755. The van der Waals surface area contributed by atoms with Gasteiger partial charge < -0.3 is 4.74 Å². The fourth-order valence-corrected chi connectivity index (χ4v) is 1.85. The Kier molecular flexibility index (Phi) is 6.14. The monoisotopic (exact) mass is 266 g/mol. The molecular weight excluding hydrogens is 252 g/mol. The standard InChI is InChI=1S/C13H14O4S/c1-10(16)18-6-2-5-17-13-7-11(8-14)3-4-12(13)9-15/h3-4,7-9H,2,5-6H2,1H3. The molecule has 4 nitrogen and oxygen atoms in total. The highest BCUT2D eigenvalue weighted by molar-refractivity contribution is 8.13. The largest absolute Gasteiger partial charge is 0.493 e. The predicted molar refractivity (Wildman–Crippen MR) is 70.5 cm³/mol. The number of benzene rings is 1. The second-order valence-corrected chi connectivity index (χ2v) is 4.85. The van der Waals surface area contributed by atoms with Crippen molar-refractivity contribution in [1.29, 1.82) is 0 Å². The van der Waals surface area contributed by atoms with Crippen molar-refractivity contribution in [3.05, 3.63) is 29.3 Å². The third-order valence-electron chi connectivity index (χ3n) is 2.15. The fraction of sp³-hybridized carbons (Fsp3) is 0.308. The smallest absolute Gasteiger partial charge is 0.185 e. The number of rotatable bonds is 7. The van der Waals surface area contributed by atoms with Crippen molar-refractivity contribution in [2.45, 2.75) is 13.3 Å². The highest BCUT2D eigenvalue weighted by Crippen LogP contribution is 2.18. The van der Waals surface area contributed by atoms with E-state index in [1.807, 2.05) is 0 Å². The van der Waals surface area contributed by atoms with Crippen molar-refractivity contribution < 1.29 is 19.1 Å². The third kappa shape index (κ3) is 4.71.